The summed E-state index contributed by atoms with van der Waals surface area (Å²) in [6.07, 6.45) is 4.71. The molecule has 0 saturated carbocycles. The minimum absolute atomic E-state index is 0.212. The SMILES string of the molecule is O=C1C=c2ccc(N3NC=CO3)cc2=N1. The van der Waals surface area contributed by atoms with Crippen LogP contribution in [0.3, 0.4) is 0 Å². The highest BCUT2D eigenvalue weighted by molar-refractivity contribution is 6.06. The molecular formula is C10H7N3O2. The third-order valence-corrected chi connectivity index (χ3v) is 2.18. The van der Waals surface area contributed by atoms with Crippen LogP contribution in [-0.4, -0.2) is 5.91 Å². The van der Waals surface area contributed by atoms with E-state index >= 15 is 0 Å². The molecule has 1 aromatic carbocycles. The summed E-state index contributed by atoms with van der Waals surface area (Å²) in [7, 11) is 0. The van der Waals surface area contributed by atoms with Gasteiger partial charge in [-0.15, -0.1) is 5.17 Å². The summed E-state index contributed by atoms with van der Waals surface area (Å²) in [5.74, 6) is -0.212. The number of nitrogens with zero attached hydrogens (tertiary/aromatic N) is 2. The van der Waals surface area contributed by atoms with Crippen molar-refractivity contribution in [1.82, 2.24) is 5.43 Å². The first kappa shape index (κ1) is 8.05. The molecule has 15 heavy (non-hydrogen) atoms. The first-order valence-electron chi connectivity index (χ1n) is 4.45. The number of hydrogen-bond acceptors (Lipinski definition) is 4. The van der Waals surface area contributed by atoms with Crippen molar-refractivity contribution in [2.45, 2.75) is 0 Å². The summed E-state index contributed by atoms with van der Waals surface area (Å²) in [6, 6.07) is 5.47. The largest absolute Gasteiger partial charge is 0.366 e. The van der Waals surface area contributed by atoms with Gasteiger partial charge in [-0.25, -0.2) is 4.99 Å². The lowest BCUT2D eigenvalue weighted by atomic mass is 10.2. The smallest absolute Gasteiger partial charge is 0.270 e. The molecule has 0 unspecified atom stereocenters. The van der Waals surface area contributed by atoms with Gasteiger partial charge in [0.1, 0.15) is 11.9 Å². The van der Waals surface area contributed by atoms with Gasteiger partial charge in [0.25, 0.3) is 5.91 Å². The third kappa shape index (κ3) is 1.25. The maximum absolute atomic E-state index is 11.0. The second-order valence-corrected chi connectivity index (χ2v) is 3.17. The number of carbonyl (C=O) groups excluding carboxylic acids is 1. The molecule has 74 valence electrons. The van der Waals surface area contributed by atoms with E-state index in [0.29, 0.717) is 5.36 Å². The van der Waals surface area contributed by atoms with Crippen molar-refractivity contribution in [3.8, 4) is 0 Å². The molecule has 2 heterocycles. The first-order chi connectivity index (χ1) is 7.33. The Morgan fingerprint density at radius 1 is 1.40 bits per heavy atom. The van der Waals surface area contributed by atoms with Crippen molar-refractivity contribution in [1.29, 1.82) is 0 Å². The Hall–Kier alpha value is -2.30. The van der Waals surface area contributed by atoms with E-state index in [9.17, 15) is 4.79 Å². The molecule has 0 atom stereocenters. The quantitative estimate of drug-likeness (QED) is 0.656. The van der Waals surface area contributed by atoms with E-state index in [0.717, 1.165) is 10.9 Å². The third-order valence-electron chi connectivity index (χ3n) is 2.18. The van der Waals surface area contributed by atoms with Gasteiger partial charge in [-0.2, -0.15) is 0 Å². The van der Waals surface area contributed by atoms with Gasteiger partial charge in [0.15, 0.2) is 0 Å². The molecule has 0 aliphatic carbocycles. The molecule has 0 fully saturated rings. The van der Waals surface area contributed by atoms with Crippen LogP contribution in [0.25, 0.3) is 6.08 Å². The Balaban J connectivity index is 2.08. The average Bonchev–Trinajstić information content (AvgIpc) is 2.82. The van der Waals surface area contributed by atoms with Crippen LogP contribution >= 0.6 is 0 Å². The Morgan fingerprint density at radius 3 is 3.13 bits per heavy atom. The lowest BCUT2D eigenvalue weighted by Gasteiger charge is -2.15. The molecule has 1 N–H and O–H groups in total. The number of nitrogens with one attached hydrogen (secondary N) is 1. The number of carbonyl (C=O) groups is 1. The minimum atomic E-state index is -0.212. The summed E-state index contributed by atoms with van der Waals surface area (Å²) in [5.41, 5.74) is 3.67. The predicted octanol–water partition coefficient (Wildman–Crippen LogP) is -0.646. The summed E-state index contributed by atoms with van der Waals surface area (Å²) < 4.78 is 0. The van der Waals surface area contributed by atoms with Crippen molar-refractivity contribution in [2.75, 3.05) is 5.17 Å². The molecule has 0 spiro atoms. The molecule has 0 bridgehead atoms. The fourth-order valence-electron chi connectivity index (χ4n) is 1.52. The molecule has 5 nitrogen and oxygen atoms in total. The molecule has 1 amide bonds. The van der Waals surface area contributed by atoms with Crippen LogP contribution < -0.4 is 21.2 Å². The molecule has 5 heteroatoms. The maximum atomic E-state index is 11.0. The maximum Gasteiger partial charge on any atom is 0.270 e. The highest BCUT2D eigenvalue weighted by atomic mass is 16.7. The van der Waals surface area contributed by atoms with Gasteiger partial charge in [-0.05, 0) is 12.1 Å². The van der Waals surface area contributed by atoms with E-state index in [1.54, 1.807) is 12.3 Å². The van der Waals surface area contributed by atoms with Crippen LogP contribution in [0, 0.1) is 0 Å². The Morgan fingerprint density at radius 2 is 2.33 bits per heavy atom. The summed E-state index contributed by atoms with van der Waals surface area (Å²) >= 11 is 0. The molecule has 2 aliphatic heterocycles. The van der Waals surface area contributed by atoms with Crippen LogP contribution in [0.15, 0.2) is 35.7 Å². The van der Waals surface area contributed by atoms with Crippen LogP contribution in [-0.2, 0) is 9.63 Å². The van der Waals surface area contributed by atoms with Crippen LogP contribution in [0.2, 0.25) is 0 Å². The number of rotatable bonds is 1. The zero-order valence-electron chi connectivity index (χ0n) is 7.68. The summed E-state index contributed by atoms with van der Waals surface area (Å²) in [4.78, 5) is 20.0. The number of benzene rings is 1. The lowest BCUT2D eigenvalue weighted by molar-refractivity contribution is -0.112. The number of anilines is 1. The highest BCUT2D eigenvalue weighted by Gasteiger charge is 2.10. The molecular weight excluding hydrogens is 194 g/mol. The van der Waals surface area contributed by atoms with Gasteiger partial charge in [0, 0.05) is 11.3 Å². The van der Waals surface area contributed by atoms with Crippen molar-refractivity contribution < 1.29 is 9.63 Å². The Bertz CT molecular complexity index is 569. The number of hydrazine groups is 1. The molecule has 0 aromatic heterocycles. The fourth-order valence-corrected chi connectivity index (χ4v) is 1.52. The average molecular weight is 201 g/mol. The van der Waals surface area contributed by atoms with E-state index < -0.39 is 0 Å². The van der Waals surface area contributed by atoms with E-state index in [1.165, 1.54) is 17.5 Å². The van der Waals surface area contributed by atoms with Crippen LogP contribution in [0.4, 0.5) is 5.69 Å². The van der Waals surface area contributed by atoms with Crippen molar-refractivity contribution in [2.24, 2.45) is 4.99 Å². The van der Waals surface area contributed by atoms with Gasteiger partial charge in [-0.1, -0.05) is 6.07 Å². The minimum Gasteiger partial charge on any atom is -0.366 e. The predicted molar refractivity (Wildman–Crippen MR) is 52.5 cm³/mol. The van der Waals surface area contributed by atoms with Gasteiger partial charge in [0.2, 0.25) is 0 Å². The monoisotopic (exact) mass is 201 g/mol. The van der Waals surface area contributed by atoms with Crippen molar-refractivity contribution in [3.05, 3.63) is 41.2 Å². The number of hydrogen-bond donors (Lipinski definition) is 1. The van der Waals surface area contributed by atoms with Crippen molar-refractivity contribution >= 4 is 17.7 Å². The van der Waals surface area contributed by atoms with Gasteiger partial charge in [0.05, 0.1) is 11.6 Å². The molecule has 1 aromatic rings. The van der Waals surface area contributed by atoms with Gasteiger partial charge in [-0.3, -0.25) is 10.2 Å². The van der Waals surface area contributed by atoms with Gasteiger partial charge < -0.3 is 4.84 Å². The van der Waals surface area contributed by atoms with Crippen LogP contribution in [0.1, 0.15) is 0 Å². The van der Waals surface area contributed by atoms with Crippen LogP contribution in [0.5, 0.6) is 0 Å². The Labute approximate surface area is 84.9 Å². The molecule has 2 aliphatic rings. The molecule has 0 saturated heterocycles. The summed E-state index contributed by atoms with van der Waals surface area (Å²) in [5, 5.41) is 3.00. The van der Waals surface area contributed by atoms with E-state index in [1.807, 2.05) is 12.1 Å². The van der Waals surface area contributed by atoms with E-state index in [2.05, 4.69) is 10.4 Å². The lowest BCUT2D eigenvalue weighted by Crippen LogP contribution is -2.31. The zero-order chi connectivity index (χ0) is 10.3. The van der Waals surface area contributed by atoms with Crippen molar-refractivity contribution in [3.63, 3.8) is 0 Å². The topological polar surface area (TPSA) is 53.9 Å². The standard InChI is InChI=1S/C10H7N3O2/c14-10-5-7-1-2-8(6-9(7)12-10)13-11-3-4-15-13/h1-6,11H. The second kappa shape index (κ2) is 2.84. The summed E-state index contributed by atoms with van der Waals surface area (Å²) in [6.45, 7) is 0. The number of amides is 1. The highest BCUT2D eigenvalue weighted by Crippen LogP contribution is 2.11. The van der Waals surface area contributed by atoms with E-state index in [-0.39, 0.29) is 5.91 Å². The van der Waals surface area contributed by atoms with Gasteiger partial charge >= 0.3 is 0 Å². The molecule has 0 radical (unpaired) electrons. The molecule has 3 rings (SSSR count). The normalized spacial score (nSPS) is 16.5. The number of fused-ring (bicyclic) bond motifs is 1. The fraction of sp³-hybridized carbons (Fsp3) is 0. The Kier molecular flexibility index (Phi) is 1.53. The zero-order valence-corrected chi connectivity index (χ0v) is 7.68. The van der Waals surface area contributed by atoms with E-state index in [4.69, 9.17) is 4.84 Å². The second-order valence-electron chi connectivity index (χ2n) is 3.17. The first-order valence-corrected chi connectivity index (χ1v) is 4.45.